The zero-order valence-corrected chi connectivity index (χ0v) is 19.7. The Kier molecular flexibility index (Phi) is 6.45. The summed E-state index contributed by atoms with van der Waals surface area (Å²) >= 11 is 0. The summed E-state index contributed by atoms with van der Waals surface area (Å²) in [5, 5.41) is 0. The van der Waals surface area contributed by atoms with Gasteiger partial charge in [-0.3, -0.25) is 4.79 Å². The predicted octanol–water partition coefficient (Wildman–Crippen LogP) is 4.48. The molecule has 27 heavy (non-hydrogen) atoms. The standard InChI is InChI=1S/C19H32O6Si2/c1-21-14-9-10-16(22-2)15(13-14)18(24-26(3,4)5)19(25-27(6,7)8)12-11-17(20)23-19/h9-10,13,18H,11-12H2,1-8H3. The number of carbonyl (C=O) groups excluding carboxylic acids is 1. The van der Waals surface area contributed by atoms with E-state index >= 15 is 0 Å². The van der Waals surface area contributed by atoms with Crippen LogP contribution in [0.25, 0.3) is 0 Å². The third kappa shape index (κ3) is 5.57. The molecule has 2 atom stereocenters. The van der Waals surface area contributed by atoms with E-state index in [0.29, 0.717) is 24.3 Å². The van der Waals surface area contributed by atoms with Crippen LogP contribution >= 0.6 is 0 Å². The number of cyclic esters (lactones) is 1. The Hall–Kier alpha value is -1.36. The molecule has 152 valence electrons. The third-order valence-corrected chi connectivity index (χ3v) is 5.93. The lowest BCUT2D eigenvalue weighted by atomic mass is 9.97. The predicted molar refractivity (Wildman–Crippen MR) is 109 cm³/mol. The van der Waals surface area contributed by atoms with Crippen LogP contribution in [-0.4, -0.2) is 42.6 Å². The fourth-order valence-corrected chi connectivity index (χ4v) is 5.49. The van der Waals surface area contributed by atoms with Crippen LogP contribution in [0.5, 0.6) is 11.5 Å². The maximum absolute atomic E-state index is 12.1. The molecule has 2 rings (SSSR count). The molecule has 0 bridgehead atoms. The van der Waals surface area contributed by atoms with Gasteiger partial charge in [0, 0.05) is 12.0 Å². The van der Waals surface area contributed by atoms with E-state index in [4.69, 9.17) is 23.1 Å². The Bertz CT molecular complexity index is 680. The first-order chi connectivity index (χ1) is 12.4. The fraction of sp³-hybridized carbons (Fsp3) is 0.632. The van der Waals surface area contributed by atoms with Crippen LogP contribution in [0.3, 0.4) is 0 Å². The van der Waals surface area contributed by atoms with Crippen LogP contribution in [0.4, 0.5) is 0 Å². The molecule has 1 aliphatic rings. The number of rotatable bonds is 8. The molecule has 1 saturated heterocycles. The van der Waals surface area contributed by atoms with Gasteiger partial charge in [-0.25, -0.2) is 0 Å². The van der Waals surface area contributed by atoms with Crippen molar-refractivity contribution < 1.29 is 27.9 Å². The average Bonchev–Trinajstić information content (AvgIpc) is 2.91. The maximum Gasteiger partial charge on any atom is 0.308 e. The summed E-state index contributed by atoms with van der Waals surface area (Å²) in [6.45, 7) is 12.5. The Morgan fingerprint density at radius 3 is 2.15 bits per heavy atom. The second kappa shape index (κ2) is 7.94. The van der Waals surface area contributed by atoms with Gasteiger partial charge in [0.05, 0.1) is 20.6 Å². The normalized spacial score (nSPS) is 21.7. The van der Waals surface area contributed by atoms with E-state index in [1.54, 1.807) is 14.2 Å². The summed E-state index contributed by atoms with van der Waals surface area (Å²) in [5.41, 5.74) is 0.771. The van der Waals surface area contributed by atoms with Crippen molar-refractivity contribution in [3.63, 3.8) is 0 Å². The van der Waals surface area contributed by atoms with E-state index in [9.17, 15) is 4.79 Å². The van der Waals surface area contributed by atoms with Crippen LogP contribution in [-0.2, 0) is 18.4 Å². The van der Waals surface area contributed by atoms with Crippen molar-refractivity contribution in [3.05, 3.63) is 23.8 Å². The van der Waals surface area contributed by atoms with E-state index in [1.165, 1.54) is 0 Å². The third-order valence-electron chi connectivity index (χ3n) is 4.03. The van der Waals surface area contributed by atoms with E-state index in [2.05, 4.69) is 39.3 Å². The number of esters is 1. The molecular formula is C19H32O6Si2. The van der Waals surface area contributed by atoms with Crippen molar-refractivity contribution in [3.8, 4) is 11.5 Å². The van der Waals surface area contributed by atoms with Crippen molar-refractivity contribution in [1.29, 1.82) is 0 Å². The Morgan fingerprint density at radius 1 is 1.04 bits per heavy atom. The van der Waals surface area contributed by atoms with Crippen molar-refractivity contribution in [2.24, 2.45) is 0 Å². The first-order valence-electron chi connectivity index (χ1n) is 9.21. The molecule has 6 nitrogen and oxygen atoms in total. The SMILES string of the molecule is COc1ccc(OC)c(C(O[Si](C)(C)C)C2(O[Si](C)(C)C)CCC(=O)O2)c1. The number of ether oxygens (including phenoxy) is 3. The maximum atomic E-state index is 12.1. The molecule has 0 amide bonds. The van der Waals surface area contributed by atoms with Crippen molar-refractivity contribution in [2.45, 2.75) is 64.0 Å². The minimum absolute atomic E-state index is 0.265. The van der Waals surface area contributed by atoms with Crippen molar-refractivity contribution >= 4 is 22.6 Å². The molecule has 1 fully saturated rings. The highest BCUT2D eigenvalue weighted by molar-refractivity contribution is 6.70. The summed E-state index contributed by atoms with van der Waals surface area (Å²) in [4.78, 5) is 12.1. The average molecular weight is 413 g/mol. The van der Waals surface area contributed by atoms with Gasteiger partial charge in [0.25, 0.3) is 0 Å². The number of hydrogen-bond acceptors (Lipinski definition) is 6. The minimum Gasteiger partial charge on any atom is -0.497 e. The number of carbonyl (C=O) groups is 1. The molecule has 0 N–H and O–H groups in total. The van der Waals surface area contributed by atoms with Crippen LogP contribution in [0.15, 0.2) is 18.2 Å². The molecule has 1 aliphatic heterocycles. The monoisotopic (exact) mass is 412 g/mol. The van der Waals surface area contributed by atoms with Gasteiger partial charge in [0.15, 0.2) is 16.6 Å². The van der Waals surface area contributed by atoms with Gasteiger partial charge in [-0.05, 0) is 57.5 Å². The van der Waals surface area contributed by atoms with E-state index in [0.717, 1.165) is 5.56 Å². The van der Waals surface area contributed by atoms with Crippen LogP contribution in [0.1, 0.15) is 24.5 Å². The second-order valence-electron chi connectivity index (χ2n) is 8.72. The molecule has 0 aromatic heterocycles. The van der Waals surface area contributed by atoms with Gasteiger partial charge in [0.1, 0.15) is 17.6 Å². The van der Waals surface area contributed by atoms with E-state index in [1.807, 2.05) is 18.2 Å². The summed E-state index contributed by atoms with van der Waals surface area (Å²) in [5.74, 6) is -0.0797. The largest absolute Gasteiger partial charge is 0.497 e. The van der Waals surface area contributed by atoms with E-state index < -0.39 is 28.5 Å². The minimum atomic E-state index is -2.06. The van der Waals surface area contributed by atoms with Crippen LogP contribution in [0, 0.1) is 0 Å². The molecule has 1 aromatic rings. The van der Waals surface area contributed by atoms with Crippen LogP contribution < -0.4 is 9.47 Å². The fourth-order valence-electron chi connectivity index (χ4n) is 3.19. The smallest absolute Gasteiger partial charge is 0.308 e. The quantitative estimate of drug-likeness (QED) is 0.463. The van der Waals surface area contributed by atoms with Gasteiger partial charge in [0.2, 0.25) is 5.79 Å². The van der Waals surface area contributed by atoms with Gasteiger partial charge in [-0.15, -0.1) is 0 Å². The Balaban J connectivity index is 2.64. The number of benzene rings is 1. The molecular weight excluding hydrogens is 380 g/mol. The molecule has 0 spiro atoms. The molecule has 0 saturated carbocycles. The van der Waals surface area contributed by atoms with Crippen molar-refractivity contribution in [1.82, 2.24) is 0 Å². The summed E-state index contributed by atoms with van der Waals surface area (Å²) in [6.07, 6.45) is 0.167. The first-order valence-corrected chi connectivity index (χ1v) is 16.0. The zero-order valence-electron chi connectivity index (χ0n) is 17.7. The van der Waals surface area contributed by atoms with E-state index in [-0.39, 0.29) is 5.97 Å². The lowest BCUT2D eigenvalue weighted by Gasteiger charge is -2.42. The highest BCUT2D eigenvalue weighted by Crippen LogP contribution is 2.47. The number of hydrogen-bond donors (Lipinski definition) is 0. The zero-order chi connectivity index (χ0) is 20.5. The lowest BCUT2D eigenvalue weighted by Crippen LogP contribution is -2.50. The summed E-state index contributed by atoms with van der Waals surface area (Å²) in [7, 11) is -0.859. The first kappa shape index (κ1) is 21.9. The van der Waals surface area contributed by atoms with Gasteiger partial charge in [-0.2, -0.15) is 0 Å². The number of methoxy groups -OCH3 is 2. The van der Waals surface area contributed by atoms with Gasteiger partial charge < -0.3 is 23.1 Å². The van der Waals surface area contributed by atoms with Crippen LogP contribution in [0.2, 0.25) is 39.3 Å². The highest BCUT2D eigenvalue weighted by atomic mass is 28.4. The highest BCUT2D eigenvalue weighted by Gasteiger charge is 2.53. The van der Waals surface area contributed by atoms with Gasteiger partial charge >= 0.3 is 5.97 Å². The summed E-state index contributed by atoms with van der Waals surface area (Å²) in [6, 6.07) is 5.56. The molecule has 0 aliphatic carbocycles. The Morgan fingerprint density at radius 2 is 1.70 bits per heavy atom. The molecule has 2 unspecified atom stereocenters. The topological polar surface area (TPSA) is 63.2 Å². The molecule has 1 heterocycles. The van der Waals surface area contributed by atoms with Gasteiger partial charge in [-0.1, -0.05) is 0 Å². The van der Waals surface area contributed by atoms with Crippen molar-refractivity contribution in [2.75, 3.05) is 14.2 Å². The molecule has 1 aromatic carbocycles. The summed E-state index contributed by atoms with van der Waals surface area (Å²) < 4.78 is 29.9. The lowest BCUT2D eigenvalue weighted by molar-refractivity contribution is -0.216. The Labute approximate surface area is 164 Å². The molecule has 8 heteroatoms. The molecule has 0 radical (unpaired) electrons. The second-order valence-corrected chi connectivity index (χ2v) is 17.6.